The summed E-state index contributed by atoms with van der Waals surface area (Å²) in [6.45, 7) is 1.62. The van der Waals surface area contributed by atoms with Crippen LogP contribution in [0.4, 0.5) is 5.95 Å². The Bertz CT molecular complexity index is 976. The standard InChI is InChI=1S/C21H22N4O2/c1-24-20(14-17-4-2-3-5-19(17)27)22-23-21(24)25-12-10-16(11-13-25)15-6-8-18(26)9-7-15/h2-10,26-27H,11-14H2,1H3. The van der Waals surface area contributed by atoms with E-state index < -0.39 is 0 Å². The van der Waals surface area contributed by atoms with Crippen LogP contribution in [0.25, 0.3) is 5.57 Å². The maximum atomic E-state index is 9.98. The van der Waals surface area contributed by atoms with Gasteiger partial charge in [0.2, 0.25) is 5.95 Å². The zero-order valence-corrected chi connectivity index (χ0v) is 15.2. The lowest BCUT2D eigenvalue weighted by molar-refractivity contribution is 0.468. The third-order valence-corrected chi connectivity index (χ3v) is 5.01. The van der Waals surface area contributed by atoms with Crippen molar-refractivity contribution in [3.63, 3.8) is 0 Å². The number of phenols is 2. The zero-order chi connectivity index (χ0) is 18.8. The molecule has 2 heterocycles. The van der Waals surface area contributed by atoms with Gasteiger partial charge in [-0.05, 0) is 35.8 Å². The lowest BCUT2D eigenvalue weighted by atomic mass is 9.99. The summed E-state index contributed by atoms with van der Waals surface area (Å²) in [5.74, 6) is 2.22. The topological polar surface area (TPSA) is 74.4 Å². The number of rotatable bonds is 4. The van der Waals surface area contributed by atoms with Gasteiger partial charge in [-0.25, -0.2) is 0 Å². The lowest BCUT2D eigenvalue weighted by Crippen LogP contribution is -2.30. The average Bonchev–Trinajstić information content (AvgIpc) is 3.05. The van der Waals surface area contributed by atoms with E-state index in [4.69, 9.17) is 0 Å². The van der Waals surface area contributed by atoms with Crippen molar-refractivity contribution in [2.75, 3.05) is 18.0 Å². The third kappa shape index (κ3) is 3.51. The van der Waals surface area contributed by atoms with E-state index in [-0.39, 0.29) is 11.5 Å². The summed E-state index contributed by atoms with van der Waals surface area (Å²) in [5, 5.41) is 28.1. The van der Waals surface area contributed by atoms with E-state index in [9.17, 15) is 10.2 Å². The maximum absolute atomic E-state index is 9.98. The van der Waals surface area contributed by atoms with Crippen molar-refractivity contribution in [1.29, 1.82) is 0 Å². The lowest BCUT2D eigenvalue weighted by Gasteiger charge is -2.27. The van der Waals surface area contributed by atoms with Gasteiger partial charge < -0.3 is 19.7 Å². The molecule has 0 radical (unpaired) electrons. The second kappa shape index (κ2) is 7.15. The SMILES string of the molecule is Cn1c(Cc2ccccc2O)nnc1N1CC=C(c2ccc(O)cc2)CC1. The Morgan fingerprint density at radius 1 is 1.00 bits per heavy atom. The van der Waals surface area contributed by atoms with Gasteiger partial charge in [-0.1, -0.05) is 36.4 Å². The van der Waals surface area contributed by atoms with Gasteiger partial charge in [0, 0.05) is 32.1 Å². The fourth-order valence-corrected chi connectivity index (χ4v) is 3.40. The molecule has 0 unspecified atom stereocenters. The van der Waals surface area contributed by atoms with Crippen LogP contribution in [0.3, 0.4) is 0 Å². The summed E-state index contributed by atoms with van der Waals surface area (Å²) < 4.78 is 1.99. The van der Waals surface area contributed by atoms with Crippen LogP contribution in [-0.4, -0.2) is 38.1 Å². The van der Waals surface area contributed by atoms with Crippen LogP contribution < -0.4 is 4.90 Å². The minimum absolute atomic E-state index is 0.279. The molecule has 0 saturated heterocycles. The molecule has 0 amide bonds. The summed E-state index contributed by atoms with van der Waals surface area (Å²) in [6.07, 6.45) is 3.65. The Kier molecular flexibility index (Phi) is 4.54. The van der Waals surface area contributed by atoms with Gasteiger partial charge in [0.15, 0.2) is 0 Å². The number of benzene rings is 2. The molecule has 1 aromatic heterocycles. The highest BCUT2D eigenvalue weighted by Crippen LogP contribution is 2.27. The molecule has 1 aliphatic heterocycles. The minimum atomic E-state index is 0.279. The van der Waals surface area contributed by atoms with Gasteiger partial charge in [-0.3, -0.25) is 0 Å². The molecule has 2 N–H and O–H groups in total. The summed E-state index contributed by atoms with van der Waals surface area (Å²) in [7, 11) is 1.96. The maximum Gasteiger partial charge on any atom is 0.227 e. The predicted molar refractivity (Wildman–Crippen MR) is 105 cm³/mol. The molecule has 3 aromatic rings. The largest absolute Gasteiger partial charge is 0.508 e. The van der Waals surface area contributed by atoms with Crippen molar-refractivity contribution >= 4 is 11.5 Å². The Morgan fingerprint density at radius 2 is 1.78 bits per heavy atom. The molecule has 0 atom stereocenters. The highest BCUT2D eigenvalue weighted by Gasteiger charge is 2.19. The number of phenolic OH excluding ortho intramolecular Hbond substituents is 2. The van der Waals surface area contributed by atoms with E-state index in [1.807, 2.05) is 41.9 Å². The number of para-hydroxylation sites is 1. The van der Waals surface area contributed by atoms with Crippen LogP contribution in [-0.2, 0) is 13.5 Å². The van der Waals surface area contributed by atoms with E-state index in [2.05, 4.69) is 21.2 Å². The van der Waals surface area contributed by atoms with Gasteiger partial charge in [0.05, 0.1) is 0 Å². The van der Waals surface area contributed by atoms with E-state index in [0.29, 0.717) is 6.42 Å². The fraction of sp³-hybridized carbons (Fsp3) is 0.238. The molecule has 27 heavy (non-hydrogen) atoms. The van der Waals surface area contributed by atoms with Crippen molar-refractivity contribution in [3.05, 3.63) is 71.6 Å². The smallest absolute Gasteiger partial charge is 0.227 e. The van der Waals surface area contributed by atoms with Gasteiger partial charge >= 0.3 is 0 Å². The number of anilines is 1. The zero-order valence-electron chi connectivity index (χ0n) is 15.2. The first-order valence-electron chi connectivity index (χ1n) is 9.00. The van der Waals surface area contributed by atoms with Crippen molar-refractivity contribution in [2.24, 2.45) is 7.05 Å². The molecular weight excluding hydrogens is 340 g/mol. The van der Waals surface area contributed by atoms with Crippen molar-refractivity contribution in [1.82, 2.24) is 14.8 Å². The van der Waals surface area contributed by atoms with Gasteiger partial charge in [0.1, 0.15) is 17.3 Å². The Hall–Kier alpha value is -3.28. The van der Waals surface area contributed by atoms with Crippen molar-refractivity contribution < 1.29 is 10.2 Å². The van der Waals surface area contributed by atoms with E-state index in [1.54, 1.807) is 18.2 Å². The first kappa shape index (κ1) is 17.1. The number of aromatic nitrogens is 3. The molecule has 0 fully saturated rings. The monoisotopic (exact) mass is 362 g/mol. The first-order chi connectivity index (χ1) is 13.1. The van der Waals surface area contributed by atoms with E-state index in [1.165, 1.54) is 5.57 Å². The van der Waals surface area contributed by atoms with Gasteiger partial charge in [-0.2, -0.15) is 0 Å². The summed E-state index contributed by atoms with van der Waals surface area (Å²) >= 11 is 0. The van der Waals surface area contributed by atoms with Crippen LogP contribution in [0, 0.1) is 0 Å². The third-order valence-electron chi connectivity index (χ3n) is 5.01. The number of nitrogens with zero attached hydrogens (tertiary/aromatic N) is 4. The fourth-order valence-electron chi connectivity index (χ4n) is 3.40. The molecule has 138 valence electrons. The van der Waals surface area contributed by atoms with Gasteiger partial charge in [-0.15, -0.1) is 10.2 Å². The summed E-state index contributed by atoms with van der Waals surface area (Å²) in [5.41, 5.74) is 3.27. The minimum Gasteiger partial charge on any atom is -0.508 e. The quantitative estimate of drug-likeness (QED) is 0.746. The Balaban J connectivity index is 1.50. The molecular formula is C21H22N4O2. The molecule has 2 aromatic carbocycles. The number of hydrogen-bond acceptors (Lipinski definition) is 5. The molecule has 0 spiro atoms. The highest BCUT2D eigenvalue weighted by atomic mass is 16.3. The predicted octanol–water partition coefficient (Wildman–Crippen LogP) is 3.11. The second-order valence-electron chi connectivity index (χ2n) is 6.75. The van der Waals surface area contributed by atoms with Crippen LogP contribution in [0.2, 0.25) is 0 Å². The van der Waals surface area contributed by atoms with E-state index in [0.717, 1.165) is 42.4 Å². The normalized spacial score (nSPS) is 14.3. The summed E-state index contributed by atoms with van der Waals surface area (Å²) in [4.78, 5) is 2.20. The van der Waals surface area contributed by atoms with Gasteiger partial charge in [0.25, 0.3) is 0 Å². The van der Waals surface area contributed by atoms with Crippen LogP contribution in [0.15, 0.2) is 54.6 Å². The Labute approximate surface area is 158 Å². The van der Waals surface area contributed by atoms with Crippen LogP contribution in [0.5, 0.6) is 11.5 Å². The Morgan fingerprint density at radius 3 is 2.48 bits per heavy atom. The molecule has 6 nitrogen and oxygen atoms in total. The molecule has 4 rings (SSSR count). The molecule has 0 aliphatic carbocycles. The highest BCUT2D eigenvalue weighted by molar-refractivity contribution is 5.68. The average molecular weight is 362 g/mol. The summed E-state index contributed by atoms with van der Waals surface area (Å²) in [6, 6.07) is 14.6. The molecule has 0 bridgehead atoms. The number of aromatic hydroxyl groups is 2. The number of hydrogen-bond donors (Lipinski definition) is 2. The molecule has 0 saturated carbocycles. The molecule has 1 aliphatic rings. The van der Waals surface area contributed by atoms with Crippen molar-refractivity contribution in [3.8, 4) is 11.5 Å². The van der Waals surface area contributed by atoms with Crippen LogP contribution in [0.1, 0.15) is 23.4 Å². The second-order valence-corrected chi connectivity index (χ2v) is 6.75. The first-order valence-corrected chi connectivity index (χ1v) is 9.00. The molecule has 6 heteroatoms. The van der Waals surface area contributed by atoms with Crippen molar-refractivity contribution in [2.45, 2.75) is 12.8 Å². The van der Waals surface area contributed by atoms with E-state index >= 15 is 0 Å². The van der Waals surface area contributed by atoms with Crippen LogP contribution >= 0.6 is 0 Å².